The molecule has 0 radical (unpaired) electrons. The number of benzene rings is 2. The van der Waals surface area contributed by atoms with Gasteiger partial charge in [-0.3, -0.25) is 0 Å². The van der Waals surface area contributed by atoms with Crippen LogP contribution in [0.4, 0.5) is 4.39 Å². The Bertz CT molecular complexity index is 658. The maximum Gasteiger partial charge on any atom is 0.124 e. The van der Waals surface area contributed by atoms with Crippen molar-refractivity contribution in [1.29, 1.82) is 0 Å². The predicted molar refractivity (Wildman–Crippen MR) is 68.7 cm³/mol. The molecule has 3 rings (SSSR count). The third-order valence-electron chi connectivity index (χ3n) is 2.57. The van der Waals surface area contributed by atoms with Gasteiger partial charge in [0.1, 0.15) is 5.82 Å². The van der Waals surface area contributed by atoms with Crippen molar-refractivity contribution < 1.29 is 4.39 Å². The van der Waals surface area contributed by atoms with Crippen LogP contribution < -0.4 is 0 Å². The molecule has 0 atom stereocenters. The van der Waals surface area contributed by atoms with Gasteiger partial charge in [0.15, 0.2) is 0 Å². The van der Waals surface area contributed by atoms with Crippen molar-refractivity contribution in [1.82, 2.24) is 9.78 Å². The first-order valence-corrected chi connectivity index (χ1v) is 5.93. The second-order valence-electron chi connectivity index (χ2n) is 3.73. The molecule has 0 aliphatic heterocycles. The van der Waals surface area contributed by atoms with E-state index in [1.807, 2.05) is 30.5 Å². The van der Waals surface area contributed by atoms with E-state index >= 15 is 0 Å². The van der Waals surface area contributed by atoms with Crippen molar-refractivity contribution in [2.24, 2.45) is 0 Å². The summed E-state index contributed by atoms with van der Waals surface area (Å²) >= 11 is 3.34. The third-order valence-corrected chi connectivity index (χ3v) is 3.21. The largest absolute Gasteiger partial charge is 0.239 e. The molecule has 0 bridgehead atoms. The molecular weight excluding hydrogens is 283 g/mol. The van der Waals surface area contributed by atoms with E-state index < -0.39 is 0 Å². The fourth-order valence-electron chi connectivity index (χ4n) is 1.75. The highest BCUT2D eigenvalue weighted by molar-refractivity contribution is 9.10. The Kier molecular flexibility index (Phi) is 2.44. The molecule has 0 saturated heterocycles. The average Bonchev–Trinajstić information content (AvgIpc) is 2.72. The van der Waals surface area contributed by atoms with Crippen molar-refractivity contribution in [3.05, 3.63) is 59.0 Å². The smallest absolute Gasteiger partial charge is 0.124 e. The highest BCUT2D eigenvalue weighted by atomic mass is 79.9. The summed E-state index contributed by atoms with van der Waals surface area (Å²) in [4.78, 5) is 0. The fourth-order valence-corrected chi connectivity index (χ4v) is 2.29. The van der Waals surface area contributed by atoms with E-state index in [4.69, 9.17) is 0 Å². The molecule has 0 amide bonds. The molecule has 2 nitrogen and oxygen atoms in total. The van der Waals surface area contributed by atoms with Crippen LogP contribution >= 0.6 is 15.9 Å². The summed E-state index contributed by atoms with van der Waals surface area (Å²) < 4.78 is 15.4. The zero-order valence-electron chi connectivity index (χ0n) is 8.77. The summed E-state index contributed by atoms with van der Waals surface area (Å²) in [5.41, 5.74) is 1.74. The molecule has 0 spiro atoms. The molecule has 4 heteroatoms. The zero-order chi connectivity index (χ0) is 11.8. The average molecular weight is 291 g/mol. The van der Waals surface area contributed by atoms with Gasteiger partial charge < -0.3 is 0 Å². The van der Waals surface area contributed by atoms with Gasteiger partial charge in [-0.2, -0.15) is 5.10 Å². The molecule has 0 fully saturated rings. The van der Waals surface area contributed by atoms with E-state index in [9.17, 15) is 4.39 Å². The van der Waals surface area contributed by atoms with Gasteiger partial charge in [0, 0.05) is 16.1 Å². The van der Waals surface area contributed by atoms with Crippen LogP contribution in [0.2, 0.25) is 0 Å². The van der Waals surface area contributed by atoms with Crippen LogP contribution in [0.15, 0.2) is 53.1 Å². The topological polar surface area (TPSA) is 17.8 Å². The second kappa shape index (κ2) is 3.96. The third kappa shape index (κ3) is 1.85. The number of rotatable bonds is 1. The lowest BCUT2D eigenvalue weighted by Crippen LogP contribution is -1.95. The van der Waals surface area contributed by atoms with Crippen LogP contribution in [0.3, 0.4) is 0 Å². The Morgan fingerprint density at radius 1 is 1.12 bits per heavy atom. The Labute approximate surface area is 106 Å². The lowest BCUT2D eigenvalue weighted by molar-refractivity contribution is 0.626. The van der Waals surface area contributed by atoms with Crippen LogP contribution in [-0.4, -0.2) is 9.78 Å². The number of hydrogen-bond donors (Lipinski definition) is 0. The van der Waals surface area contributed by atoms with Gasteiger partial charge in [0.2, 0.25) is 0 Å². The number of halogens is 2. The first-order valence-electron chi connectivity index (χ1n) is 5.14. The lowest BCUT2D eigenvalue weighted by Gasteiger charge is -2.03. The number of aromatic nitrogens is 2. The van der Waals surface area contributed by atoms with Crippen molar-refractivity contribution >= 4 is 26.8 Å². The maximum absolute atomic E-state index is 13.0. The van der Waals surface area contributed by atoms with E-state index in [-0.39, 0.29) is 5.82 Å². The van der Waals surface area contributed by atoms with Crippen molar-refractivity contribution in [2.45, 2.75) is 0 Å². The Morgan fingerprint density at radius 3 is 2.71 bits per heavy atom. The van der Waals surface area contributed by atoms with Gasteiger partial charge in [0.05, 0.1) is 11.2 Å². The molecule has 2 aromatic carbocycles. The summed E-state index contributed by atoms with van der Waals surface area (Å²) in [7, 11) is 0. The molecule has 3 aromatic rings. The van der Waals surface area contributed by atoms with Gasteiger partial charge >= 0.3 is 0 Å². The lowest BCUT2D eigenvalue weighted by atomic mass is 10.3. The van der Waals surface area contributed by atoms with Gasteiger partial charge in [-0.25, -0.2) is 9.07 Å². The molecule has 0 unspecified atom stereocenters. The Hall–Kier alpha value is -1.68. The molecular formula is C13H8BrFN2. The predicted octanol–water partition coefficient (Wildman–Crippen LogP) is 3.93. The Morgan fingerprint density at radius 2 is 1.94 bits per heavy atom. The van der Waals surface area contributed by atoms with Gasteiger partial charge in [0.25, 0.3) is 0 Å². The van der Waals surface area contributed by atoms with Gasteiger partial charge in [-0.15, -0.1) is 0 Å². The number of fused-ring (bicyclic) bond motifs is 1. The van der Waals surface area contributed by atoms with Crippen molar-refractivity contribution in [3.63, 3.8) is 0 Å². The molecule has 0 N–H and O–H groups in total. The molecule has 1 aromatic heterocycles. The van der Waals surface area contributed by atoms with Gasteiger partial charge in [-0.05, 0) is 40.2 Å². The molecule has 84 valence electrons. The molecule has 0 saturated carbocycles. The van der Waals surface area contributed by atoms with Crippen LogP contribution in [0.25, 0.3) is 16.6 Å². The zero-order valence-corrected chi connectivity index (χ0v) is 10.4. The summed E-state index contributed by atoms with van der Waals surface area (Å²) in [5, 5.41) is 5.50. The molecule has 0 aliphatic carbocycles. The van der Waals surface area contributed by atoms with E-state index in [2.05, 4.69) is 21.0 Å². The van der Waals surface area contributed by atoms with E-state index in [0.29, 0.717) is 4.47 Å². The van der Waals surface area contributed by atoms with Crippen molar-refractivity contribution in [3.8, 4) is 5.69 Å². The standard InChI is InChI=1S/C13H8BrFN2/c14-11-7-10(15)5-6-13(11)17-8-9-3-1-2-4-12(9)16-17/h1-8H. The summed E-state index contributed by atoms with van der Waals surface area (Å²) in [6.07, 6.45) is 1.92. The quantitative estimate of drug-likeness (QED) is 0.664. The highest BCUT2D eigenvalue weighted by Crippen LogP contribution is 2.23. The minimum atomic E-state index is -0.266. The van der Waals surface area contributed by atoms with E-state index in [1.54, 1.807) is 10.7 Å². The Balaban J connectivity index is 2.20. The van der Waals surface area contributed by atoms with Crippen LogP contribution in [0.5, 0.6) is 0 Å². The van der Waals surface area contributed by atoms with E-state index in [1.165, 1.54) is 12.1 Å². The van der Waals surface area contributed by atoms with Crippen molar-refractivity contribution in [2.75, 3.05) is 0 Å². The van der Waals surface area contributed by atoms with Crippen LogP contribution in [-0.2, 0) is 0 Å². The minimum Gasteiger partial charge on any atom is -0.239 e. The highest BCUT2D eigenvalue weighted by Gasteiger charge is 2.06. The second-order valence-corrected chi connectivity index (χ2v) is 4.58. The normalized spacial score (nSPS) is 10.9. The van der Waals surface area contributed by atoms with Crippen LogP contribution in [0.1, 0.15) is 0 Å². The molecule has 0 aliphatic rings. The van der Waals surface area contributed by atoms with Gasteiger partial charge in [-0.1, -0.05) is 18.2 Å². The first kappa shape index (κ1) is 10.5. The van der Waals surface area contributed by atoms with Crippen LogP contribution in [0, 0.1) is 5.82 Å². The summed E-state index contributed by atoms with van der Waals surface area (Å²) in [6, 6.07) is 12.4. The SMILES string of the molecule is Fc1ccc(-n2cc3ccccc3n2)c(Br)c1. The fraction of sp³-hybridized carbons (Fsp3) is 0. The number of nitrogens with zero attached hydrogens (tertiary/aromatic N) is 2. The first-order chi connectivity index (χ1) is 8.24. The molecule has 1 heterocycles. The van der Waals surface area contributed by atoms with E-state index in [0.717, 1.165) is 16.6 Å². The number of hydrogen-bond acceptors (Lipinski definition) is 1. The monoisotopic (exact) mass is 290 g/mol. The minimum absolute atomic E-state index is 0.266. The summed E-state index contributed by atoms with van der Waals surface area (Å²) in [6.45, 7) is 0. The summed E-state index contributed by atoms with van der Waals surface area (Å²) in [5.74, 6) is -0.266. The maximum atomic E-state index is 13.0. The molecule has 17 heavy (non-hydrogen) atoms.